The third kappa shape index (κ3) is 4.10. The number of unbranched alkanes of at least 4 members (excludes halogenated alkanes) is 1. The molecule has 2 heterocycles. The van der Waals surface area contributed by atoms with E-state index >= 15 is 0 Å². The lowest BCUT2D eigenvalue weighted by atomic mass is 9.83. The molecule has 1 aliphatic heterocycles. The van der Waals surface area contributed by atoms with Gasteiger partial charge in [0.05, 0.1) is 19.1 Å². The summed E-state index contributed by atoms with van der Waals surface area (Å²) in [4.78, 5) is 31.5. The third-order valence-corrected chi connectivity index (χ3v) is 4.91. The molecule has 2 N–H and O–H groups in total. The Morgan fingerprint density at radius 2 is 2.22 bits per heavy atom. The highest BCUT2D eigenvalue weighted by atomic mass is 16.5. The summed E-state index contributed by atoms with van der Waals surface area (Å²) in [5.74, 6) is 0.465. The van der Waals surface area contributed by atoms with Gasteiger partial charge < -0.3 is 9.64 Å². The van der Waals surface area contributed by atoms with Gasteiger partial charge in [0.1, 0.15) is 12.1 Å². The second-order valence-electron chi connectivity index (χ2n) is 6.60. The number of piperidine rings is 1. The highest BCUT2D eigenvalue weighted by Gasteiger charge is 2.41. The lowest BCUT2D eigenvalue weighted by molar-refractivity contribution is -0.142. The van der Waals surface area contributed by atoms with Crippen molar-refractivity contribution < 1.29 is 14.3 Å². The molecule has 0 radical (unpaired) electrons. The molecule has 0 saturated carbocycles. The Hall–Kier alpha value is -2.90. The number of hydrogen-bond acceptors (Lipinski definition) is 5. The fraction of sp³-hybridized carbons (Fsp3) is 0.474. The summed E-state index contributed by atoms with van der Waals surface area (Å²) in [6, 6.07) is 7.19. The van der Waals surface area contributed by atoms with E-state index in [-0.39, 0.29) is 17.9 Å². The summed E-state index contributed by atoms with van der Waals surface area (Å²) < 4.78 is 5.52. The number of methoxy groups -OCH3 is 1. The maximum atomic E-state index is 13.0. The van der Waals surface area contributed by atoms with Crippen molar-refractivity contribution in [1.29, 1.82) is 0 Å². The molecule has 0 aliphatic carbocycles. The number of hydrogen-bond donors (Lipinski definition) is 2. The lowest BCUT2D eigenvalue weighted by Crippen LogP contribution is -2.47. The van der Waals surface area contributed by atoms with E-state index in [2.05, 4.69) is 27.4 Å². The van der Waals surface area contributed by atoms with Crippen LogP contribution in [-0.2, 0) is 9.59 Å². The number of nitrogens with one attached hydrogen (secondary N) is 2. The van der Waals surface area contributed by atoms with Crippen LogP contribution < -0.4 is 10.1 Å². The molecule has 27 heavy (non-hydrogen) atoms. The molecular formula is C19H25N5O3. The number of nitrogens with zero attached hydrogens (tertiary/aromatic N) is 3. The molecule has 1 aromatic carbocycles. The van der Waals surface area contributed by atoms with E-state index in [0.29, 0.717) is 31.1 Å². The van der Waals surface area contributed by atoms with Gasteiger partial charge in [-0.2, -0.15) is 10.1 Å². The summed E-state index contributed by atoms with van der Waals surface area (Å²) in [5, 5.41) is 9.17. The fourth-order valence-electron chi connectivity index (χ4n) is 3.59. The highest BCUT2D eigenvalue weighted by Crippen LogP contribution is 2.41. The number of carbonyl (C=O) groups excluding carboxylic acids is 2. The van der Waals surface area contributed by atoms with E-state index in [9.17, 15) is 9.59 Å². The second kappa shape index (κ2) is 8.66. The van der Waals surface area contributed by atoms with Crippen LogP contribution in [0.3, 0.4) is 0 Å². The zero-order valence-electron chi connectivity index (χ0n) is 15.6. The number of carbonyl (C=O) groups is 2. The third-order valence-electron chi connectivity index (χ3n) is 4.91. The van der Waals surface area contributed by atoms with Crippen LogP contribution in [0.1, 0.15) is 44.2 Å². The van der Waals surface area contributed by atoms with Crippen LogP contribution in [-0.4, -0.2) is 45.6 Å². The average molecular weight is 371 g/mol. The maximum Gasteiger partial charge on any atom is 0.232 e. The molecule has 1 fully saturated rings. The summed E-state index contributed by atoms with van der Waals surface area (Å²) in [6.45, 7) is 2.70. The topological polar surface area (TPSA) is 100 Å². The number of H-pyrrole nitrogens is 1. The van der Waals surface area contributed by atoms with Crippen molar-refractivity contribution in [3.05, 3.63) is 36.2 Å². The fourth-order valence-corrected chi connectivity index (χ4v) is 3.59. The van der Waals surface area contributed by atoms with Crippen LogP contribution in [0.25, 0.3) is 0 Å². The van der Waals surface area contributed by atoms with Crippen molar-refractivity contribution in [2.75, 3.05) is 19.0 Å². The standard InChI is InChI=1S/C19H25N5O3/c1-3-4-11-24-16(25)10-9-14(18(26)22-19-20-12-21-23-19)17(24)13-7-5-6-8-15(13)27-2/h5-8,12,14,17H,3-4,9-11H2,1-2H3,(H2,20,21,22,23,26)/t14-,17+/m1/s1. The van der Waals surface area contributed by atoms with E-state index in [4.69, 9.17) is 4.74 Å². The van der Waals surface area contributed by atoms with Crippen molar-refractivity contribution >= 4 is 17.8 Å². The van der Waals surface area contributed by atoms with Gasteiger partial charge in [0.15, 0.2) is 0 Å². The summed E-state index contributed by atoms with van der Waals surface area (Å²) in [6.07, 6.45) is 4.02. The van der Waals surface area contributed by atoms with Gasteiger partial charge in [0, 0.05) is 18.5 Å². The number of rotatable bonds is 7. The average Bonchev–Trinajstić information content (AvgIpc) is 3.19. The Morgan fingerprint density at radius 1 is 1.41 bits per heavy atom. The first kappa shape index (κ1) is 18.9. The molecular weight excluding hydrogens is 346 g/mol. The van der Waals surface area contributed by atoms with Crippen LogP contribution in [0.15, 0.2) is 30.6 Å². The number of amides is 2. The van der Waals surface area contributed by atoms with Crippen molar-refractivity contribution in [3.63, 3.8) is 0 Å². The molecule has 1 saturated heterocycles. The highest BCUT2D eigenvalue weighted by molar-refractivity contribution is 5.93. The number of likely N-dealkylation sites (tertiary alicyclic amines) is 1. The zero-order chi connectivity index (χ0) is 19.2. The first-order chi connectivity index (χ1) is 13.2. The molecule has 1 aromatic heterocycles. The van der Waals surface area contributed by atoms with Crippen LogP contribution >= 0.6 is 0 Å². The largest absolute Gasteiger partial charge is 0.496 e. The molecule has 144 valence electrons. The van der Waals surface area contributed by atoms with Crippen molar-refractivity contribution in [3.8, 4) is 5.75 Å². The van der Waals surface area contributed by atoms with E-state index in [1.807, 2.05) is 29.2 Å². The molecule has 2 amide bonds. The van der Waals surface area contributed by atoms with Crippen LogP contribution in [0, 0.1) is 5.92 Å². The maximum absolute atomic E-state index is 13.0. The van der Waals surface area contributed by atoms with Crippen molar-refractivity contribution in [2.24, 2.45) is 5.92 Å². The first-order valence-electron chi connectivity index (χ1n) is 9.24. The summed E-state index contributed by atoms with van der Waals surface area (Å²) >= 11 is 0. The van der Waals surface area contributed by atoms with Gasteiger partial charge in [0.25, 0.3) is 0 Å². The number of para-hydroxylation sites is 1. The predicted octanol–water partition coefficient (Wildman–Crippen LogP) is 2.53. The quantitative estimate of drug-likeness (QED) is 0.779. The van der Waals surface area contributed by atoms with Crippen LogP contribution in [0.4, 0.5) is 5.95 Å². The Morgan fingerprint density at radius 3 is 2.93 bits per heavy atom. The van der Waals surface area contributed by atoms with E-state index in [0.717, 1.165) is 18.4 Å². The number of anilines is 1. The number of aromatic nitrogens is 3. The van der Waals surface area contributed by atoms with Gasteiger partial charge in [-0.05, 0) is 18.9 Å². The van der Waals surface area contributed by atoms with E-state index in [1.165, 1.54) is 6.33 Å². The van der Waals surface area contributed by atoms with Gasteiger partial charge >= 0.3 is 0 Å². The van der Waals surface area contributed by atoms with Gasteiger partial charge in [0.2, 0.25) is 17.8 Å². The van der Waals surface area contributed by atoms with E-state index in [1.54, 1.807) is 7.11 Å². The Labute approximate surface area is 158 Å². The van der Waals surface area contributed by atoms with Gasteiger partial charge in [-0.3, -0.25) is 14.9 Å². The van der Waals surface area contributed by atoms with Crippen molar-refractivity contribution in [1.82, 2.24) is 20.1 Å². The first-order valence-corrected chi connectivity index (χ1v) is 9.24. The van der Waals surface area contributed by atoms with Gasteiger partial charge in [-0.1, -0.05) is 31.5 Å². The molecule has 2 aromatic rings. The molecule has 8 nitrogen and oxygen atoms in total. The van der Waals surface area contributed by atoms with Crippen LogP contribution in [0.5, 0.6) is 5.75 Å². The Kier molecular flexibility index (Phi) is 6.05. The Bertz CT molecular complexity index is 777. The molecule has 2 atom stereocenters. The molecule has 0 unspecified atom stereocenters. The molecule has 0 bridgehead atoms. The number of benzene rings is 1. The SMILES string of the molecule is CCCCN1C(=O)CC[C@@H](C(=O)Nc2ncn[nH]2)[C@@H]1c1ccccc1OC. The van der Waals surface area contributed by atoms with E-state index < -0.39 is 5.92 Å². The molecule has 3 rings (SSSR count). The van der Waals surface area contributed by atoms with Crippen molar-refractivity contribution in [2.45, 2.75) is 38.6 Å². The minimum atomic E-state index is -0.402. The molecule has 0 spiro atoms. The molecule has 8 heteroatoms. The number of aromatic amines is 1. The smallest absolute Gasteiger partial charge is 0.232 e. The van der Waals surface area contributed by atoms with Gasteiger partial charge in [-0.15, -0.1) is 0 Å². The zero-order valence-corrected chi connectivity index (χ0v) is 15.6. The monoisotopic (exact) mass is 371 g/mol. The van der Waals surface area contributed by atoms with Gasteiger partial charge in [-0.25, -0.2) is 5.10 Å². The second-order valence-corrected chi connectivity index (χ2v) is 6.60. The normalized spacial score (nSPS) is 19.8. The Balaban J connectivity index is 1.96. The summed E-state index contributed by atoms with van der Waals surface area (Å²) in [5.41, 5.74) is 0.849. The summed E-state index contributed by atoms with van der Waals surface area (Å²) in [7, 11) is 1.60. The predicted molar refractivity (Wildman–Crippen MR) is 100 cm³/mol. The molecule has 1 aliphatic rings. The number of ether oxygens (including phenoxy) is 1. The minimum Gasteiger partial charge on any atom is -0.496 e. The lowest BCUT2D eigenvalue weighted by Gasteiger charge is -2.41. The minimum absolute atomic E-state index is 0.0723. The van der Waals surface area contributed by atoms with Crippen LogP contribution in [0.2, 0.25) is 0 Å².